The molecule has 0 aliphatic carbocycles. The molecule has 2 N–H and O–H groups in total. The van der Waals surface area contributed by atoms with Crippen LogP contribution in [0, 0.1) is 0 Å². The van der Waals surface area contributed by atoms with Gasteiger partial charge in [0.05, 0.1) is 19.8 Å². The number of aliphatic hydroxyl groups excluding tert-OH is 1. The van der Waals surface area contributed by atoms with Crippen LogP contribution in [0.25, 0.3) is 0 Å². The molecule has 1 aromatic heterocycles. The number of carbonyl (C=O) groups excluding carboxylic acids is 1. The van der Waals surface area contributed by atoms with Crippen LogP contribution < -0.4 is 10.2 Å². The van der Waals surface area contributed by atoms with Crippen molar-refractivity contribution < 1.29 is 14.6 Å². The lowest BCUT2D eigenvalue weighted by atomic mass is 10.2. The molecule has 0 radical (unpaired) electrons. The van der Waals surface area contributed by atoms with Gasteiger partial charge in [0.1, 0.15) is 6.04 Å². The van der Waals surface area contributed by atoms with E-state index >= 15 is 0 Å². The van der Waals surface area contributed by atoms with Crippen LogP contribution >= 0.6 is 0 Å². The molecule has 1 fully saturated rings. The number of hydrogen-bond donors (Lipinski definition) is 2. The number of nitrogens with zero attached hydrogens (tertiary/aromatic N) is 3. The molecule has 1 aliphatic rings. The van der Waals surface area contributed by atoms with Gasteiger partial charge in [0.15, 0.2) is 0 Å². The predicted molar refractivity (Wildman–Crippen MR) is 73.2 cm³/mol. The number of rotatable bonds is 4. The third-order valence-electron chi connectivity index (χ3n) is 2.99. The molecule has 110 valence electrons. The van der Waals surface area contributed by atoms with Gasteiger partial charge >= 0.3 is 0 Å². The van der Waals surface area contributed by atoms with E-state index in [-0.39, 0.29) is 18.6 Å². The molecule has 1 atom stereocenters. The summed E-state index contributed by atoms with van der Waals surface area (Å²) in [4.78, 5) is 22.4. The van der Waals surface area contributed by atoms with Gasteiger partial charge in [-0.3, -0.25) is 4.79 Å². The number of morpholine rings is 1. The molecule has 2 rings (SSSR count). The van der Waals surface area contributed by atoms with E-state index in [0.717, 1.165) is 0 Å². The Morgan fingerprint density at radius 3 is 2.85 bits per heavy atom. The molecular weight excluding hydrogens is 260 g/mol. The maximum atomic E-state index is 12.2. The molecule has 0 bridgehead atoms. The highest BCUT2D eigenvalue weighted by atomic mass is 16.5. The van der Waals surface area contributed by atoms with Gasteiger partial charge in [-0.1, -0.05) is 0 Å². The fourth-order valence-corrected chi connectivity index (χ4v) is 2.02. The van der Waals surface area contributed by atoms with Crippen molar-refractivity contribution in [2.75, 3.05) is 24.7 Å². The summed E-state index contributed by atoms with van der Waals surface area (Å²) in [6, 6.07) is -0.352. The summed E-state index contributed by atoms with van der Waals surface area (Å²) >= 11 is 0. The van der Waals surface area contributed by atoms with Crippen LogP contribution in [0.15, 0.2) is 12.4 Å². The molecule has 2 heterocycles. The number of anilines is 1. The van der Waals surface area contributed by atoms with E-state index in [2.05, 4.69) is 15.3 Å². The number of ether oxygens (including phenoxy) is 1. The smallest absolute Gasteiger partial charge is 0.245 e. The van der Waals surface area contributed by atoms with Crippen LogP contribution in [0.2, 0.25) is 0 Å². The van der Waals surface area contributed by atoms with E-state index in [1.165, 1.54) is 0 Å². The van der Waals surface area contributed by atoms with Gasteiger partial charge in [-0.15, -0.1) is 0 Å². The summed E-state index contributed by atoms with van der Waals surface area (Å²) in [5, 5.41) is 11.9. The highest BCUT2D eigenvalue weighted by Crippen LogP contribution is 2.15. The van der Waals surface area contributed by atoms with Crippen molar-refractivity contribution in [3.8, 4) is 0 Å². The first-order chi connectivity index (χ1) is 9.61. The summed E-state index contributed by atoms with van der Waals surface area (Å²) in [5.41, 5.74) is 0.644. The summed E-state index contributed by atoms with van der Waals surface area (Å²) in [6.07, 6.45) is 3.13. The molecule has 1 unspecified atom stereocenters. The molecule has 20 heavy (non-hydrogen) atoms. The van der Waals surface area contributed by atoms with Crippen LogP contribution in [-0.2, 0) is 16.1 Å². The SMILES string of the molecule is CC(C)NC(=O)C1COCCN1c1ncc(CO)cn1. The van der Waals surface area contributed by atoms with Crippen molar-refractivity contribution in [2.24, 2.45) is 0 Å². The van der Waals surface area contributed by atoms with Crippen molar-refractivity contribution in [2.45, 2.75) is 32.5 Å². The highest BCUT2D eigenvalue weighted by molar-refractivity contribution is 5.85. The second-order valence-corrected chi connectivity index (χ2v) is 5.00. The molecule has 1 aromatic rings. The van der Waals surface area contributed by atoms with Gasteiger partial charge in [-0.05, 0) is 13.8 Å². The van der Waals surface area contributed by atoms with E-state index in [9.17, 15) is 4.79 Å². The van der Waals surface area contributed by atoms with Gasteiger partial charge in [0.2, 0.25) is 11.9 Å². The first kappa shape index (κ1) is 14.7. The number of carbonyl (C=O) groups is 1. The van der Waals surface area contributed by atoms with Gasteiger partial charge < -0.3 is 20.1 Å². The molecule has 1 aliphatic heterocycles. The predicted octanol–water partition coefficient (Wildman–Crippen LogP) is -0.301. The molecule has 0 spiro atoms. The second-order valence-electron chi connectivity index (χ2n) is 5.00. The Kier molecular flexibility index (Phi) is 4.86. The Hall–Kier alpha value is -1.73. The molecule has 7 heteroatoms. The minimum atomic E-state index is -0.425. The molecule has 1 amide bonds. The van der Waals surface area contributed by atoms with E-state index in [1.54, 1.807) is 12.4 Å². The lowest BCUT2D eigenvalue weighted by Gasteiger charge is -2.34. The third kappa shape index (κ3) is 3.43. The quantitative estimate of drug-likeness (QED) is 0.787. The number of aromatic nitrogens is 2. The number of amides is 1. The summed E-state index contributed by atoms with van der Waals surface area (Å²) < 4.78 is 5.38. The third-order valence-corrected chi connectivity index (χ3v) is 2.99. The Morgan fingerprint density at radius 2 is 2.25 bits per heavy atom. The van der Waals surface area contributed by atoms with Crippen molar-refractivity contribution >= 4 is 11.9 Å². The van der Waals surface area contributed by atoms with Crippen LogP contribution in [0.5, 0.6) is 0 Å². The van der Waals surface area contributed by atoms with Crippen molar-refractivity contribution in [3.63, 3.8) is 0 Å². The molecular formula is C13H20N4O3. The number of nitrogens with one attached hydrogen (secondary N) is 1. The van der Waals surface area contributed by atoms with Gasteiger partial charge in [0.25, 0.3) is 0 Å². The zero-order valence-corrected chi connectivity index (χ0v) is 11.7. The zero-order valence-electron chi connectivity index (χ0n) is 11.7. The Morgan fingerprint density at radius 1 is 1.55 bits per heavy atom. The summed E-state index contributed by atoms with van der Waals surface area (Å²) in [7, 11) is 0. The minimum absolute atomic E-state index is 0.0731. The Labute approximate surface area is 118 Å². The van der Waals surface area contributed by atoms with Crippen LogP contribution in [0.4, 0.5) is 5.95 Å². The Bertz CT molecular complexity index is 449. The average molecular weight is 280 g/mol. The first-order valence-electron chi connectivity index (χ1n) is 6.68. The normalized spacial score (nSPS) is 19.2. The molecule has 0 saturated carbocycles. The maximum absolute atomic E-state index is 12.2. The lowest BCUT2D eigenvalue weighted by molar-refractivity contribution is -0.125. The van der Waals surface area contributed by atoms with Crippen molar-refractivity contribution in [3.05, 3.63) is 18.0 Å². The van der Waals surface area contributed by atoms with E-state index < -0.39 is 6.04 Å². The average Bonchev–Trinajstić information content (AvgIpc) is 2.46. The lowest BCUT2D eigenvalue weighted by Crippen LogP contribution is -2.55. The number of hydrogen-bond acceptors (Lipinski definition) is 6. The van der Waals surface area contributed by atoms with E-state index in [0.29, 0.717) is 31.3 Å². The first-order valence-corrected chi connectivity index (χ1v) is 6.68. The van der Waals surface area contributed by atoms with Gasteiger partial charge in [-0.2, -0.15) is 0 Å². The van der Waals surface area contributed by atoms with Gasteiger partial charge in [-0.25, -0.2) is 9.97 Å². The molecule has 7 nitrogen and oxygen atoms in total. The number of aliphatic hydroxyl groups is 1. The fraction of sp³-hybridized carbons (Fsp3) is 0.615. The zero-order chi connectivity index (χ0) is 14.5. The van der Waals surface area contributed by atoms with Crippen molar-refractivity contribution in [1.29, 1.82) is 0 Å². The highest BCUT2D eigenvalue weighted by Gasteiger charge is 2.31. The Balaban J connectivity index is 2.15. The van der Waals surface area contributed by atoms with Crippen LogP contribution in [-0.4, -0.2) is 52.8 Å². The van der Waals surface area contributed by atoms with E-state index in [1.807, 2.05) is 18.7 Å². The maximum Gasteiger partial charge on any atom is 0.245 e. The van der Waals surface area contributed by atoms with Crippen LogP contribution in [0.1, 0.15) is 19.4 Å². The van der Waals surface area contributed by atoms with Gasteiger partial charge in [0, 0.05) is 30.5 Å². The topological polar surface area (TPSA) is 87.6 Å². The summed E-state index contributed by atoms with van der Waals surface area (Å²) in [6.45, 7) is 5.16. The largest absolute Gasteiger partial charge is 0.392 e. The minimum Gasteiger partial charge on any atom is -0.392 e. The summed E-state index contributed by atoms with van der Waals surface area (Å²) in [5.74, 6) is 0.393. The van der Waals surface area contributed by atoms with Crippen LogP contribution in [0.3, 0.4) is 0 Å². The standard InChI is InChI=1S/C13H20N4O3/c1-9(2)16-12(19)11-8-20-4-3-17(11)13-14-5-10(7-18)6-15-13/h5-6,9,11,18H,3-4,7-8H2,1-2H3,(H,16,19). The fourth-order valence-electron chi connectivity index (χ4n) is 2.02. The molecule has 0 aromatic carbocycles. The van der Waals surface area contributed by atoms with Crippen molar-refractivity contribution in [1.82, 2.24) is 15.3 Å². The second kappa shape index (κ2) is 6.62. The molecule has 1 saturated heterocycles. The van der Waals surface area contributed by atoms with E-state index in [4.69, 9.17) is 9.84 Å². The monoisotopic (exact) mass is 280 g/mol.